The number of amides is 1. The van der Waals surface area contributed by atoms with Crippen LogP contribution in [-0.4, -0.2) is 21.8 Å². The van der Waals surface area contributed by atoms with Gasteiger partial charge >= 0.3 is 5.97 Å². The fourth-order valence-corrected chi connectivity index (χ4v) is 3.18. The van der Waals surface area contributed by atoms with Gasteiger partial charge in [0.05, 0.1) is 17.2 Å². The van der Waals surface area contributed by atoms with Gasteiger partial charge in [-0.2, -0.15) is 0 Å². The van der Waals surface area contributed by atoms with Crippen LogP contribution in [0, 0.1) is 6.92 Å². The highest BCUT2D eigenvalue weighted by Gasteiger charge is 2.26. The van der Waals surface area contributed by atoms with E-state index in [9.17, 15) is 9.59 Å². The van der Waals surface area contributed by atoms with Crippen molar-refractivity contribution < 1.29 is 14.3 Å². The zero-order valence-electron chi connectivity index (χ0n) is 16.6. The van der Waals surface area contributed by atoms with E-state index in [2.05, 4.69) is 15.3 Å². The summed E-state index contributed by atoms with van der Waals surface area (Å²) in [6.07, 6.45) is 0.159. The van der Waals surface area contributed by atoms with E-state index in [-0.39, 0.29) is 5.69 Å². The Balaban J connectivity index is 1.60. The van der Waals surface area contributed by atoms with Gasteiger partial charge in [-0.05, 0) is 36.8 Å². The number of hydrogen-bond donors (Lipinski definition) is 1. The third-order valence-electron chi connectivity index (χ3n) is 4.66. The summed E-state index contributed by atoms with van der Waals surface area (Å²) < 4.78 is 5.57. The molecule has 1 N–H and O–H groups in total. The number of carbonyl (C=O) groups excluding carboxylic acids is 2. The molecule has 0 aliphatic carbocycles. The van der Waals surface area contributed by atoms with E-state index in [0.29, 0.717) is 27.3 Å². The van der Waals surface area contributed by atoms with Crippen LogP contribution in [0.15, 0.2) is 79.0 Å². The molecular formula is C24H18ClN3O3. The smallest absolute Gasteiger partial charge is 0.359 e. The number of ether oxygens (including phenoxy) is 1. The molecule has 1 atom stereocenters. The Hall–Kier alpha value is -3.77. The van der Waals surface area contributed by atoms with Crippen LogP contribution in [0.2, 0.25) is 5.02 Å². The van der Waals surface area contributed by atoms with E-state index in [0.717, 1.165) is 5.56 Å². The molecule has 0 fully saturated rings. The predicted molar refractivity (Wildman–Crippen MR) is 119 cm³/mol. The van der Waals surface area contributed by atoms with Crippen LogP contribution in [0.1, 0.15) is 27.7 Å². The van der Waals surface area contributed by atoms with Crippen molar-refractivity contribution in [3.05, 3.63) is 101 Å². The number of nitrogens with zero attached hydrogens (tertiary/aromatic N) is 2. The average molecular weight is 432 g/mol. The fourth-order valence-electron chi connectivity index (χ4n) is 3.00. The molecule has 1 unspecified atom stereocenters. The van der Waals surface area contributed by atoms with Gasteiger partial charge in [-0.15, -0.1) is 0 Å². The molecule has 6 nitrogen and oxygen atoms in total. The summed E-state index contributed by atoms with van der Waals surface area (Å²) >= 11 is 6.15. The van der Waals surface area contributed by atoms with Gasteiger partial charge in [0.15, 0.2) is 5.69 Å². The predicted octanol–water partition coefficient (Wildman–Crippen LogP) is 5.13. The van der Waals surface area contributed by atoms with Crippen molar-refractivity contribution in [1.29, 1.82) is 0 Å². The summed E-state index contributed by atoms with van der Waals surface area (Å²) in [5.74, 6) is -1.25. The van der Waals surface area contributed by atoms with Crippen molar-refractivity contribution in [2.75, 3.05) is 5.32 Å². The quantitative estimate of drug-likeness (QED) is 0.443. The van der Waals surface area contributed by atoms with Crippen LogP contribution < -0.4 is 5.32 Å². The average Bonchev–Trinajstić information content (AvgIpc) is 2.80. The zero-order valence-corrected chi connectivity index (χ0v) is 17.3. The Morgan fingerprint density at radius 1 is 0.968 bits per heavy atom. The van der Waals surface area contributed by atoms with Gasteiger partial charge in [0.25, 0.3) is 5.91 Å². The summed E-state index contributed by atoms with van der Waals surface area (Å²) in [5, 5.41) is 3.28. The van der Waals surface area contributed by atoms with Crippen molar-refractivity contribution in [2.24, 2.45) is 0 Å². The van der Waals surface area contributed by atoms with Gasteiger partial charge in [-0.25, -0.2) is 9.78 Å². The van der Waals surface area contributed by atoms with Gasteiger partial charge in [0, 0.05) is 16.3 Å². The van der Waals surface area contributed by atoms with Gasteiger partial charge < -0.3 is 10.1 Å². The molecule has 31 heavy (non-hydrogen) atoms. The van der Waals surface area contributed by atoms with E-state index in [1.54, 1.807) is 60.7 Å². The monoisotopic (exact) mass is 431 g/mol. The Kier molecular flexibility index (Phi) is 5.91. The Morgan fingerprint density at radius 3 is 2.42 bits per heavy atom. The second-order valence-electron chi connectivity index (χ2n) is 6.89. The third-order valence-corrected chi connectivity index (χ3v) is 5.07. The number of rotatable bonds is 5. The molecule has 1 amide bonds. The number of benzene rings is 3. The Labute approximate surface area is 183 Å². The highest BCUT2D eigenvalue weighted by molar-refractivity contribution is 6.31. The molecule has 4 aromatic rings. The number of aryl methyl sites for hydroxylation is 1. The maximum Gasteiger partial charge on any atom is 0.359 e. The maximum absolute atomic E-state index is 13.0. The SMILES string of the molecule is Cc1ccc(NC(=O)C(OC(=O)c2cnc3ccccc3n2)c2ccccc2)cc1Cl. The highest BCUT2D eigenvalue weighted by atomic mass is 35.5. The second kappa shape index (κ2) is 8.93. The molecule has 0 aliphatic heterocycles. The van der Waals surface area contributed by atoms with E-state index in [4.69, 9.17) is 16.3 Å². The number of nitrogens with one attached hydrogen (secondary N) is 1. The zero-order chi connectivity index (χ0) is 21.8. The maximum atomic E-state index is 13.0. The van der Waals surface area contributed by atoms with Crippen LogP contribution in [-0.2, 0) is 9.53 Å². The summed E-state index contributed by atoms with van der Waals surface area (Å²) in [6, 6.07) is 21.1. The van der Waals surface area contributed by atoms with Crippen molar-refractivity contribution in [3.8, 4) is 0 Å². The topological polar surface area (TPSA) is 81.2 Å². The minimum atomic E-state index is -1.18. The van der Waals surface area contributed by atoms with Crippen LogP contribution in [0.3, 0.4) is 0 Å². The molecule has 7 heteroatoms. The molecule has 4 rings (SSSR count). The highest BCUT2D eigenvalue weighted by Crippen LogP contribution is 2.24. The molecule has 1 heterocycles. The molecule has 0 aliphatic rings. The first-order valence-electron chi connectivity index (χ1n) is 9.56. The Bertz CT molecular complexity index is 1260. The van der Waals surface area contributed by atoms with Crippen LogP contribution >= 0.6 is 11.6 Å². The van der Waals surface area contributed by atoms with E-state index < -0.39 is 18.0 Å². The number of halogens is 1. The molecule has 154 valence electrons. The van der Waals surface area contributed by atoms with Crippen molar-refractivity contribution in [3.63, 3.8) is 0 Å². The number of esters is 1. The van der Waals surface area contributed by atoms with Gasteiger partial charge in [-0.1, -0.05) is 60.1 Å². The molecule has 1 aromatic heterocycles. The molecule has 0 bridgehead atoms. The number of para-hydroxylation sites is 2. The van der Waals surface area contributed by atoms with Crippen LogP contribution in [0.4, 0.5) is 5.69 Å². The number of fused-ring (bicyclic) bond motifs is 1. The number of carbonyl (C=O) groups is 2. The lowest BCUT2D eigenvalue weighted by Gasteiger charge is -2.18. The normalized spacial score (nSPS) is 11.7. The van der Waals surface area contributed by atoms with Crippen LogP contribution in [0.25, 0.3) is 11.0 Å². The van der Waals surface area contributed by atoms with Crippen molar-refractivity contribution >= 4 is 40.2 Å². The first-order valence-corrected chi connectivity index (χ1v) is 9.94. The van der Waals surface area contributed by atoms with Crippen LogP contribution in [0.5, 0.6) is 0 Å². The summed E-state index contributed by atoms with van der Waals surface area (Å²) in [7, 11) is 0. The van der Waals surface area contributed by atoms with Crippen molar-refractivity contribution in [2.45, 2.75) is 13.0 Å². The molecular weight excluding hydrogens is 414 g/mol. The molecule has 0 radical (unpaired) electrons. The number of hydrogen-bond acceptors (Lipinski definition) is 5. The summed E-state index contributed by atoms with van der Waals surface area (Å²) in [5.41, 5.74) is 3.16. The van der Waals surface area contributed by atoms with E-state index in [1.165, 1.54) is 6.20 Å². The molecule has 0 spiro atoms. The van der Waals surface area contributed by atoms with E-state index in [1.807, 2.05) is 19.1 Å². The minimum absolute atomic E-state index is 0.0193. The number of anilines is 1. The third kappa shape index (κ3) is 4.70. The molecule has 0 saturated carbocycles. The molecule has 0 saturated heterocycles. The fraction of sp³-hybridized carbons (Fsp3) is 0.0833. The summed E-state index contributed by atoms with van der Waals surface area (Å²) in [4.78, 5) is 34.4. The second-order valence-corrected chi connectivity index (χ2v) is 7.30. The lowest BCUT2D eigenvalue weighted by Crippen LogP contribution is -2.26. The van der Waals surface area contributed by atoms with Gasteiger partial charge in [0.1, 0.15) is 0 Å². The largest absolute Gasteiger partial charge is 0.443 e. The van der Waals surface area contributed by atoms with Gasteiger partial charge in [0.2, 0.25) is 6.10 Å². The standard InChI is InChI=1S/C24H18ClN3O3/c1-15-11-12-17(13-18(15)25)27-23(29)22(16-7-3-2-4-8-16)31-24(30)21-14-26-19-9-5-6-10-20(19)28-21/h2-14,22H,1H3,(H,27,29). The first kappa shape index (κ1) is 20.5. The first-order chi connectivity index (χ1) is 15.0. The number of aromatic nitrogens is 2. The molecule has 3 aromatic carbocycles. The van der Waals surface area contributed by atoms with Gasteiger partial charge in [-0.3, -0.25) is 9.78 Å². The van der Waals surface area contributed by atoms with E-state index >= 15 is 0 Å². The van der Waals surface area contributed by atoms with Crippen molar-refractivity contribution in [1.82, 2.24) is 9.97 Å². The minimum Gasteiger partial charge on any atom is -0.443 e. The lowest BCUT2D eigenvalue weighted by atomic mass is 10.1. The Morgan fingerprint density at radius 2 is 1.68 bits per heavy atom. The summed E-state index contributed by atoms with van der Waals surface area (Å²) in [6.45, 7) is 1.87. The lowest BCUT2D eigenvalue weighted by molar-refractivity contribution is -0.125.